The zero-order valence-electron chi connectivity index (χ0n) is 14.1. The number of ether oxygens (including phenoxy) is 1. The molecule has 1 N–H and O–H groups in total. The summed E-state index contributed by atoms with van der Waals surface area (Å²) >= 11 is 0. The molecule has 1 rings (SSSR count). The summed E-state index contributed by atoms with van der Waals surface area (Å²) in [5.74, 6) is -0.385. The molecule has 3 nitrogen and oxygen atoms in total. The van der Waals surface area contributed by atoms with E-state index in [4.69, 9.17) is 9.84 Å². The van der Waals surface area contributed by atoms with Gasteiger partial charge in [-0.1, -0.05) is 18.2 Å². The molecule has 0 aromatic heterocycles. The van der Waals surface area contributed by atoms with Crippen molar-refractivity contribution in [2.75, 3.05) is 6.61 Å². The van der Waals surface area contributed by atoms with Gasteiger partial charge in [0.15, 0.2) is 6.61 Å². The predicted octanol–water partition coefficient (Wildman–Crippen LogP) is 2.17. The molecule has 0 aliphatic carbocycles. The SMILES string of the molecule is F[B-](F)(F)F.F[B-](F)(F)F.F[B-](F)(F)F.O=C(O)COc1ccccc1.[H-].[Li+]. The van der Waals surface area contributed by atoms with E-state index in [2.05, 4.69) is 0 Å². The van der Waals surface area contributed by atoms with E-state index in [1.807, 2.05) is 6.07 Å². The first-order valence-electron chi connectivity index (χ1n) is 5.80. The number of carboxylic acid groups (broad SMARTS) is 1. The van der Waals surface area contributed by atoms with E-state index < -0.39 is 27.7 Å². The van der Waals surface area contributed by atoms with Gasteiger partial charge in [-0.25, -0.2) is 4.79 Å². The smallest absolute Gasteiger partial charge is 1.00 e. The third kappa shape index (κ3) is 94.0. The monoisotopic (exact) mass is 421 g/mol. The Morgan fingerprint density at radius 1 is 0.778 bits per heavy atom. The zero-order valence-corrected chi connectivity index (χ0v) is 13.1. The minimum atomic E-state index is -6.00. The quantitative estimate of drug-likeness (QED) is 0.602. The summed E-state index contributed by atoms with van der Waals surface area (Å²) in [4.78, 5) is 10.0. The average Bonchev–Trinajstić information content (AvgIpc) is 2.31. The molecule has 0 atom stereocenters. The molecule has 19 heteroatoms. The van der Waals surface area contributed by atoms with Gasteiger partial charge in [-0.05, 0) is 12.1 Å². The fourth-order valence-electron chi connectivity index (χ4n) is 0.662. The fourth-order valence-corrected chi connectivity index (χ4v) is 0.662. The number of carboxylic acids is 1. The Balaban J connectivity index is -0.0000000896. The maximum Gasteiger partial charge on any atom is 1.00 e. The van der Waals surface area contributed by atoms with Crippen LogP contribution in [0.5, 0.6) is 5.75 Å². The van der Waals surface area contributed by atoms with E-state index in [0.717, 1.165) is 0 Å². The molecule has 156 valence electrons. The van der Waals surface area contributed by atoms with Gasteiger partial charge in [0.1, 0.15) is 5.75 Å². The number of carbonyl (C=O) groups is 1. The first-order valence-corrected chi connectivity index (χ1v) is 5.80. The largest absolute Gasteiger partial charge is 1.00 e. The Morgan fingerprint density at radius 3 is 1.26 bits per heavy atom. The molecule has 0 aliphatic heterocycles. The molecule has 0 saturated heterocycles. The van der Waals surface area contributed by atoms with Crippen molar-refractivity contribution < 1.29 is 86.7 Å². The van der Waals surface area contributed by atoms with E-state index in [-0.39, 0.29) is 26.9 Å². The maximum absolute atomic E-state index is 10.0. The first kappa shape index (κ1) is 33.1. The molecule has 0 heterocycles. The molecule has 0 spiro atoms. The molecule has 27 heavy (non-hydrogen) atoms. The molecule has 0 aliphatic rings. The standard InChI is InChI=1S/C8H8O3.3BF4.Li.H/c9-8(10)6-11-7-4-2-1-3-5-7;3*2-1(3,4)5;;/h1-5H,6H2,(H,9,10);;;;;/q;3*-1;+1;-1. The van der Waals surface area contributed by atoms with Crippen LogP contribution in [0, 0.1) is 0 Å². The van der Waals surface area contributed by atoms with E-state index in [0.29, 0.717) is 5.75 Å². The van der Waals surface area contributed by atoms with Gasteiger partial charge in [-0.3, -0.25) is 0 Å². The van der Waals surface area contributed by atoms with Crippen LogP contribution in [-0.4, -0.2) is 39.4 Å². The van der Waals surface area contributed by atoms with Gasteiger partial charge in [0, 0.05) is 0 Å². The summed E-state index contributed by atoms with van der Waals surface area (Å²) in [5, 5.41) is 8.25. The maximum atomic E-state index is 10.0. The summed E-state index contributed by atoms with van der Waals surface area (Å²) < 4.78 is 122. The van der Waals surface area contributed by atoms with Crippen LogP contribution >= 0.6 is 0 Å². The van der Waals surface area contributed by atoms with E-state index >= 15 is 0 Å². The molecular formula is C8H9B3F12LiO3-3. The first-order chi connectivity index (χ1) is 11.3. The van der Waals surface area contributed by atoms with Gasteiger partial charge in [0.05, 0.1) is 0 Å². The van der Waals surface area contributed by atoms with Crippen LogP contribution in [0.2, 0.25) is 0 Å². The molecule has 1 aromatic rings. The fraction of sp³-hybridized carbons (Fsp3) is 0.125. The second-order valence-corrected chi connectivity index (χ2v) is 3.48. The Bertz CT molecular complexity index is 441. The van der Waals surface area contributed by atoms with Gasteiger partial charge in [-0.15, -0.1) is 0 Å². The van der Waals surface area contributed by atoms with Crippen molar-refractivity contribution in [2.24, 2.45) is 0 Å². The second kappa shape index (κ2) is 15.5. The number of halogens is 12. The van der Waals surface area contributed by atoms with Crippen molar-refractivity contribution >= 4 is 27.7 Å². The second-order valence-electron chi connectivity index (χ2n) is 3.48. The average molecular weight is 421 g/mol. The van der Waals surface area contributed by atoms with Gasteiger partial charge >= 0.3 is 46.6 Å². The number of rotatable bonds is 3. The van der Waals surface area contributed by atoms with E-state index in [1.54, 1.807) is 24.3 Å². The Morgan fingerprint density at radius 2 is 1.04 bits per heavy atom. The van der Waals surface area contributed by atoms with Crippen LogP contribution in [0.1, 0.15) is 1.43 Å². The van der Waals surface area contributed by atoms with Crippen LogP contribution in [0.25, 0.3) is 0 Å². The molecule has 0 bridgehead atoms. The summed E-state index contributed by atoms with van der Waals surface area (Å²) in [6.45, 7) is -0.288. The van der Waals surface area contributed by atoms with Gasteiger partial charge in [0.25, 0.3) is 0 Å². The van der Waals surface area contributed by atoms with Crippen LogP contribution in [0.15, 0.2) is 30.3 Å². The molecule has 0 amide bonds. The minimum absolute atomic E-state index is 0. The number of hydrogen-bond acceptors (Lipinski definition) is 2. The zero-order chi connectivity index (χ0) is 21.6. The summed E-state index contributed by atoms with van der Waals surface area (Å²) in [6.07, 6.45) is 0. The van der Waals surface area contributed by atoms with Crippen LogP contribution in [0.4, 0.5) is 51.8 Å². The van der Waals surface area contributed by atoms with Crippen molar-refractivity contribution in [3.05, 3.63) is 30.3 Å². The van der Waals surface area contributed by atoms with Crippen molar-refractivity contribution in [3.63, 3.8) is 0 Å². The van der Waals surface area contributed by atoms with Gasteiger partial charge in [0.2, 0.25) is 0 Å². The van der Waals surface area contributed by atoms with Crippen molar-refractivity contribution in [1.82, 2.24) is 0 Å². The predicted molar refractivity (Wildman–Crippen MR) is 71.2 cm³/mol. The number of hydrogen-bond donors (Lipinski definition) is 1. The molecule has 0 unspecified atom stereocenters. The third-order valence-electron chi connectivity index (χ3n) is 1.11. The Labute approximate surface area is 158 Å². The van der Waals surface area contributed by atoms with Crippen LogP contribution in [-0.2, 0) is 4.79 Å². The summed E-state index contributed by atoms with van der Waals surface area (Å²) in [6, 6.07) is 8.84. The molecule has 0 fully saturated rings. The van der Waals surface area contributed by atoms with Crippen LogP contribution in [0.3, 0.4) is 0 Å². The van der Waals surface area contributed by atoms with E-state index in [1.165, 1.54) is 0 Å². The summed E-state index contributed by atoms with van der Waals surface area (Å²) in [7, 11) is -18.0. The summed E-state index contributed by atoms with van der Waals surface area (Å²) in [5.41, 5.74) is 0. The normalized spacial score (nSPS) is 10.4. The Kier molecular flexibility index (Phi) is 19.0. The molecular weight excluding hydrogens is 411 g/mol. The van der Waals surface area contributed by atoms with Crippen LogP contribution < -0.4 is 23.6 Å². The topological polar surface area (TPSA) is 46.5 Å². The van der Waals surface area contributed by atoms with Gasteiger partial charge < -0.3 is 63.1 Å². The van der Waals surface area contributed by atoms with Gasteiger partial charge in [-0.2, -0.15) is 0 Å². The Hall–Kier alpha value is -1.56. The van der Waals surface area contributed by atoms with Crippen molar-refractivity contribution in [3.8, 4) is 5.75 Å². The van der Waals surface area contributed by atoms with Crippen molar-refractivity contribution in [2.45, 2.75) is 0 Å². The number of benzene rings is 1. The molecule has 1 aromatic carbocycles. The van der Waals surface area contributed by atoms with Crippen molar-refractivity contribution in [1.29, 1.82) is 0 Å². The minimum Gasteiger partial charge on any atom is -1.00 e. The molecule has 0 saturated carbocycles. The molecule has 0 radical (unpaired) electrons. The van der Waals surface area contributed by atoms with E-state index in [9.17, 15) is 56.6 Å². The number of aliphatic carboxylic acids is 1. The number of para-hydroxylation sites is 1. The third-order valence-corrected chi connectivity index (χ3v) is 1.11.